The van der Waals surface area contributed by atoms with Gasteiger partial charge >= 0.3 is 0 Å². The van der Waals surface area contributed by atoms with E-state index in [-0.39, 0.29) is 11.9 Å². The van der Waals surface area contributed by atoms with E-state index in [1.807, 2.05) is 6.92 Å². The molecule has 1 unspecified atom stereocenters. The van der Waals surface area contributed by atoms with Crippen molar-refractivity contribution < 1.29 is 9.13 Å². The maximum atomic E-state index is 12.9. The van der Waals surface area contributed by atoms with Gasteiger partial charge in [-0.1, -0.05) is 18.2 Å². The van der Waals surface area contributed by atoms with Crippen LogP contribution in [0.3, 0.4) is 0 Å². The zero-order valence-electron chi connectivity index (χ0n) is 11.4. The summed E-state index contributed by atoms with van der Waals surface area (Å²) in [5.41, 5.74) is 2.09. The molecular weight excluding hydrogens is 255 g/mol. The Morgan fingerprint density at radius 1 is 1.20 bits per heavy atom. The molecule has 2 aromatic rings. The zero-order valence-corrected chi connectivity index (χ0v) is 11.4. The van der Waals surface area contributed by atoms with Crippen LogP contribution in [0.5, 0.6) is 5.75 Å². The van der Waals surface area contributed by atoms with Gasteiger partial charge in [0.1, 0.15) is 17.6 Å². The quantitative estimate of drug-likeness (QED) is 0.917. The van der Waals surface area contributed by atoms with Crippen molar-refractivity contribution in [2.75, 3.05) is 12.4 Å². The Kier molecular flexibility index (Phi) is 4.21. The van der Waals surface area contributed by atoms with Crippen molar-refractivity contribution in [1.82, 2.24) is 0 Å². The van der Waals surface area contributed by atoms with Gasteiger partial charge in [-0.25, -0.2) is 4.39 Å². The molecule has 2 aromatic carbocycles. The number of ether oxygens (including phenoxy) is 1. The van der Waals surface area contributed by atoms with Crippen LogP contribution in [-0.4, -0.2) is 7.11 Å². The van der Waals surface area contributed by atoms with E-state index in [0.717, 1.165) is 5.56 Å². The molecule has 0 aliphatic rings. The molecule has 4 heteroatoms. The molecule has 102 valence electrons. The summed E-state index contributed by atoms with van der Waals surface area (Å²) in [6.07, 6.45) is 0. The first kappa shape index (κ1) is 13.9. The highest BCUT2D eigenvalue weighted by Gasteiger charge is 2.12. The van der Waals surface area contributed by atoms with E-state index >= 15 is 0 Å². The minimum atomic E-state index is -0.268. The van der Waals surface area contributed by atoms with Crippen LogP contribution in [0.15, 0.2) is 42.5 Å². The first-order valence-electron chi connectivity index (χ1n) is 6.25. The lowest BCUT2D eigenvalue weighted by atomic mass is 10.1. The lowest BCUT2D eigenvalue weighted by Gasteiger charge is -2.19. The molecule has 0 saturated heterocycles. The van der Waals surface area contributed by atoms with Crippen LogP contribution < -0.4 is 10.1 Å². The van der Waals surface area contributed by atoms with Crippen molar-refractivity contribution in [3.8, 4) is 11.8 Å². The molecule has 2 rings (SSSR count). The number of methoxy groups -OCH3 is 1. The number of halogens is 1. The summed E-state index contributed by atoms with van der Waals surface area (Å²) in [7, 11) is 1.56. The standard InChI is InChI=1S/C16H15FN2O/c1-11(12-6-8-14(17)9-7-12)19-16-13(10-18)4-3-5-15(16)20-2/h3-9,11,19H,1-2H3. The molecule has 0 aliphatic heterocycles. The summed E-state index contributed by atoms with van der Waals surface area (Å²) in [5.74, 6) is 0.342. The van der Waals surface area contributed by atoms with Gasteiger partial charge < -0.3 is 10.1 Å². The molecule has 0 saturated carbocycles. The third-order valence-corrected chi connectivity index (χ3v) is 3.10. The van der Waals surface area contributed by atoms with Crippen molar-refractivity contribution >= 4 is 5.69 Å². The Balaban J connectivity index is 2.30. The van der Waals surface area contributed by atoms with E-state index in [9.17, 15) is 4.39 Å². The number of para-hydroxylation sites is 1. The van der Waals surface area contributed by atoms with Crippen LogP contribution in [0.2, 0.25) is 0 Å². The Bertz CT molecular complexity index is 632. The molecular formula is C16H15FN2O. The monoisotopic (exact) mass is 270 g/mol. The fraction of sp³-hybridized carbons (Fsp3) is 0.188. The Morgan fingerprint density at radius 2 is 1.90 bits per heavy atom. The van der Waals surface area contributed by atoms with Gasteiger partial charge in [-0.3, -0.25) is 0 Å². The van der Waals surface area contributed by atoms with Crippen LogP contribution in [-0.2, 0) is 0 Å². The Hall–Kier alpha value is -2.54. The molecule has 0 spiro atoms. The van der Waals surface area contributed by atoms with E-state index in [4.69, 9.17) is 10.00 Å². The van der Waals surface area contributed by atoms with E-state index in [0.29, 0.717) is 17.0 Å². The van der Waals surface area contributed by atoms with E-state index < -0.39 is 0 Å². The minimum Gasteiger partial charge on any atom is -0.495 e. The first-order valence-corrected chi connectivity index (χ1v) is 6.25. The number of anilines is 1. The van der Waals surface area contributed by atoms with Crippen LogP contribution in [0.1, 0.15) is 24.1 Å². The molecule has 3 nitrogen and oxygen atoms in total. The topological polar surface area (TPSA) is 45.0 Å². The fourth-order valence-corrected chi connectivity index (χ4v) is 1.99. The van der Waals surface area contributed by atoms with E-state index in [1.54, 1.807) is 37.4 Å². The second-order valence-corrected chi connectivity index (χ2v) is 4.41. The van der Waals surface area contributed by atoms with Crippen LogP contribution in [0, 0.1) is 17.1 Å². The van der Waals surface area contributed by atoms with Gasteiger partial charge in [0, 0.05) is 6.04 Å². The number of nitrogens with one attached hydrogen (secondary N) is 1. The highest BCUT2D eigenvalue weighted by molar-refractivity contribution is 5.67. The van der Waals surface area contributed by atoms with Gasteiger partial charge in [-0.05, 0) is 36.8 Å². The molecule has 20 heavy (non-hydrogen) atoms. The number of nitriles is 1. The van der Waals surface area contributed by atoms with Crippen molar-refractivity contribution in [2.24, 2.45) is 0 Å². The summed E-state index contributed by atoms with van der Waals surface area (Å²) in [6, 6.07) is 13.6. The summed E-state index contributed by atoms with van der Waals surface area (Å²) in [6.45, 7) is 1.95. The number of benzene rings is 2. The second-order valence-electron chi connectivity index (χ2n) is 4.41. The van der Waals surface area contributed by atoms with Crippen molar-refractivity contribution in [1.29, 1.82) is 5.26 Å². The van der Waals surface area contributed by atoms with Gasteiger partial charge in [0.05, 0.1) is 18.4 Å². The highest BCUT2D eigenvalue weighted by Crippen LogP contribution is 2.31. The van der Waals surface area contributed by atoms with Crippen molar-refractivity contribution in [3.63, 3.8) is 0 Å². The van der Waals surface area contributed by atoms with Crippen LogP contribution >= 0.6 is 0 Å². The molecule has 0 heterocycles. The molecule has 0 amide bonds. The summed E-state index contributed by atoms with van der Waals surface area (Å²) in [5, 5.41) is 12.4. The van der Waals surface area contributed by atoms with Gasteiger partial charge in [0.2, 0.25) is 0 Å². The average molecular weight is 270 g/mol. The summed E-state index contributed by atoms with van der Waals surface area (Å²) >= 11 is 0. The van der Waals surface area contributed by atoms with Crippen molar-refractivity contribution in [3.05, 3.63) is 59.4 Å². The number of nitrogens with zero attached hydrogens (tertiary/aromatic N) is 1. The predicted octanol–water partition coefficient (Wildman–Crippen LogP) is 3.88. The Morgan fingerprint density at radius 3 is 2.50 bits per heavy atom. The van der Waals surface area contributed by atoms with Crippen molar-refractivity contribution in [2.45, 2.75) is 13.0 Å². The lowest BCUT2D eigenvalue weighted by Crippen LogP contribution is -2.09. The van der Waals surface area contributed by atoms with Gasteiger partial charge in [0.15, 0.2) is 0 Å². The van der Waals surface area contributed by atoms with E-state index in [1.165, 1.54) is 12.1 Å². The Labute approximate surface area is 117 Å². The molecule has 0 fully saturated rings. The average Bonchev–Trinajstić information content (AvgIpc) is 2.48. The maximum absolute atomic E-state index is 12.9. The number of hydrogen-bond donors (Lipinski definition) is 1. The fourth-order valence-electron chi connectivity index (χ4n) is 1.99. The first-order chi connectivity index (χ1) is 9.65. The normalized spacial score (nSPS) is 11.5. The van der Waals surface area contributed by atoms with Gasteiger partial charge in [0.25, 0.3) is 0 Å². The number of rotatable bonds is 4. The lowest BCUT2D eigenvalue weighted by molar-refractivity contribution is 0.416. The molecule has 1 N–H and O–H groups in total. The predicted molar refractivity (Wildman–Crippen MR) is 76.1 cm³/mol. The maximum Gasteiger partial charge on any atom is 0.143 e. The molecule has 0 bridgehead atoms. The molecule has 0 aromatic heterocycles. The smallest absolute Gasteiger partial charge is 0.143 e. The van der Waals surface area contributed by atoms with Gasteiger partial charge in [-0.2, -0.15) is 5.26 Å². The third-order valence-electron chi connectivity index (χ3n) is 3.10. The van der Waals surface area contributed by atoms with Crippen LogP contribution in [0.25, 0.3) is 0 Å². The SMILES string of the molecule is COc1cccc(C#N)c1NC(C)c1ccc(F)cc1. The van der Waals surface area contributed by atoms with Crippen LogP contribution in [0.4, 0.5) is 10.1 Å². The summed E-state index contributed by atoms with van der Waals surface area (Å²) in [4.78, 5) is 0. The highest BCUT2D eigenvalue weighted by atomic mass is 19.1. The minimum absolute atomic E-state index is 0.0704. The summed E-state index contributed by atoms with van der Waals surface area (Å²) < 4.78 is 18.2. The number of hydrogen-bond acceptors (Lipinski definition) is 3. The molecule has 0 radical (unpaired) electrons. The molecule has 1 atom stereocenters. The third kappa shape index (κ3) is 2.89. The largest absolute Gasteiger partial charge is 0.495 e. The zero-order chi connectivity index (χ0) is 14.5. The second kappa shape index (κ2) is 6.07. The van der Waals surface area contributed by atoms with Gasteiger partial charge in [-0.15, -0.1) is 0 Å². The molecule has 0 aliphatic carbocycles. The van der Waals surface area contributed by atoms with E-state index in [2.05, 4.69) is 11.4 Å².